The predicted octanol–water partition coefficient (Wildman–Crippen LogP) is 0.975. The number of carbonyl (C=O) groups is 1. The quantitative estimate of drug-likeness (QED) is 0.388. The maximum Gasteiger partial charge on any atom is 0.366 e. The van der Waals surface area contributed by atoms with Crippen molar-refractivity contribution in [1.29, 1.82) is 0 Å². The number of benzene rings is 1. The largest absolute Gasteiger partial charge is 0.388 e. The number of nitrogen functional groups attached to an aromatic ring is 1. The van der Waals surface area contributed by atoms with E-state index in [-0.39, 0.29) is 12.2 Å². The van der Waals surface area contributed by atoms with Crippen molar-refractivity contribution in [1.82, 2.24) is 19.5 Å². The molecular weight excluding hydrogens is 401 g/mol. The number of carbonyl (C=O) groups excluding carboxylic acids is 1. The molecule has 12 heteroatoms. The van der Waals surface area contributed by atoms with Crippen molar-refractivity contribution in [2.45, 2.75) is 31.0 Å². The summed E-state index contributed by atoms with van der Waals surface area (Å²) in [6, 6.07) is 8.20. The number of nitrogens with two attached hydrogens (primary N) is 1. The highest BCUT2D eigenvalue weighted by Crippen LogP contribution is 2.36. The zero-order chi connectivity index (χ0) is 20.5. The number of hydrogen-bond acceptors (Lipinski definition) is 9. The van der Waals surface area contributed by atoms with E-state index in [1.54, 1.807) is 30.3 Å². The Labute approximate surface area is 165 Å². The van der Waals surface area contributed by atoms with Crippen LogP contribution in [0.1, 0.15) is 23.0 Å². The monoisotopic (exact) mass is 418 g/mol. The van der Waals surface area contributed by atoms with E-state index in [0.717, 1.165) is 0 Å². The molecule has 1 radical (unpaired) electrons. The summed E-state index contributed by atoms with van der Waals surface area (Å²) in [4.78, 5) is 34.2. The molecule has 0 bridgehead atoms. The van der Waals surface area contributed by atoms with Crippen molar-refractivity contribution in [3.8, 4) is 0 Å². The number of Topliss-reactive ketones (excluding diaryl/α,β-unsaturated/α-hetero) is 1. The number of aromatic nitrogens is 4. The molecular formula is C17H17N5O6P. The van der Waals surface area contributed by atoms with Gasteiger partial charge in [0.05, 0.1) is 12.4 Å². The summed E-state index contributed by atoms with van der Waals surface area (Å²) in [7, 11) is -3.07. The molecule has 1 aromatic carbocycles. The Morgan fingerprint density at radius 3 is 2.79 bits per heavy atom. The van der Waals surface area contributed by atoms with Crippen molar-refractivity contribution < 1.29 is 28.6 Å². The fraction of sp³-hybridized carbons (Fsp3) is 0.294. The number of nitrogens with zero attached hydrogens (tertiary/aromatic N) is 4. The first kappa shape index (κ1) is 19.5. The van der Waals surface area contributed by atoms with Gasteiger partial charge in [-0.15, -0.1) is 0 Å². The zero-order valence-electron chi connectivity index (χ0n) is 14.9. The Kier molecular flexibility index (Phi) is 5.31. The molecule has 4 N–H and O–H groups in total. The summed E-state index contributed by atoms with van der Waals surface area (Å²) in [5, 5.41) is 10.5. The van der Waals surface area contributed by atoms with Crippen molar-refractivity contribution in [2.24, 2.45) is 0 Å². The van der Waals surface area contributed by atoms with Gasteiger partial charge in [-0.1, -0.05) is 30.3 Å². The highest BCUT2D eigenvalue weighted by Gasteiger charge is 2.44. The Balaban J connectivity index is 1.63. The molecule has 0 amide bonds. The second kappa shape index (κ2) is 7.90. The number of fused-ring (bicyclic) bond motifs is 1. The normalized spacial score (nSPS) is 23.2. The van der Waals surface area contributed by atoms with Gasteiger partial charge in [0.1, 0.15) is 17.9 Å². The molecule has 2 aromatic heterocycles. The smallest absolute Gasteiger partial charge is 0.366 e. The van der Waals surface area contributed by atoms with Crippen molar-refractivity contribution >= 4 is 31.0 Å². The third-order valence-corrected chi connectivity index (χ3v) is 5.04. The van der Waals surface area contributed by atoms with Crippen LogP contribution >= 0.6 is 8.25 Å². The first-order valence-electron chi connectivity index (χ1n) is 8.64. The van der Waals surface area contributed by atoms with Crippen LogP contribution in [0.15, 0.2) is 43.0 Å². The van der Waals surface area contributed by atoms with Crippen LogP contribution in [0.25, 0.3) is 11.2 Å². The van der Waals surface area contributed by atoms with Crippen LogP contribution in [-0.2, 0) is 13.8 Å². The Morgan fingerprint density at radius 2 is 2.07 bits per heavy atom. The van der Waals surface area contributed by atoms with Crippen LogP contribution in [0.2, 0.25) is 0 Å². The highest BCUT2D eigenvalue weighted by molar-refractivity contribution is 7.32. The first-order chi connectivity index (χ1) is 14.0. The van der Waals surface area contributed by atoms with Gasteiger partial charge in [0.2, 0.25) is 0 Å². The third kappa shape index (κ3) is 3.74. The number of ether oxygens (including phenoxy) is 1. The maximum absolute atomic E-state index is 12.8. The van der Waals surface area contributed by atoms with Crippen molar-refractivity contribution in [3.05, 3.63) is 48.5 Å². The number of hydrogen-bond donors (Lipinski definition) is 3. The molecule has 4 rings (SSSR count). The number of aliphatic hydroxyl groups excluding tert-OH is 1. The van der Waals surface area contributed by atoms with Gasteiger partial charge >= 0.3 is 8.25 Å². The topological polar surface area (TPSA) is 163 Å². The van der Waals surface area contributed by atoms with Gasteiger partial charge in [-0.3, -0.25) is 18.8 Å². The molecule has 0 saturated carbocycles. The van der Waals surface area contributed by atoms with Crippen molar-refractivity contribution in [3.63, 3.8) is 0 Å². The third-order valence-electron chi connectivity index (χ3n) is 4.64. The van der Waals surface area contributed by atoms with E-state index in [1.807, 2.05) is 0 Å². The first-order valence-corrected chi connectivity index (χ1v) is 9.77. The minimum atomic E-state index is -3.07. The van der Waals surface area contributed by atoms with Gasteiger partial charge in [-0.2, -0.15) is 0 Å². The van der Waals surface area contributed by atoms with E-state index < -0.39 is 38.6 Å². The lowest BCUT2D eigenvalue weighted by molar-refractivity contribution is -0.0610. The zero-order valence-corrected chi connectivity index (χ0v) is 15.8. The molecule has 0 aliphatic carbocycles. The standard InChI is InChI=1S/C17H17N5O6P/c18-15-12-16(20-7-19-15)22(8-21-12)17-10(23)6-11(27-17)14(28-29(25)26)13(24)9-4-2-1-3-5-9/h1-5,7-8,10-11,14,17,23H,6H2,(H,25,26)(H2,18,19,20)/t10-,11+,14?,17-/m1/s1. The minimum Gasteiger partial charge on any atom is -0.388 e. The highest BCUT2D eigenvalue weighted by atomic mass is 31.1. The van der Waals surface area contributed by atoms with E-state index in [9.17, 15) is 19.4 Å². The predicted molar refractivity (Wildman–Crippen MR) is 99.7 cm³/mol. The van der Waals surface area contributed by atoms with E-state index in [4.69, 9.17) is 15.0 Å². The molecule has 1 saturated heterocycles. The molecule has 0 spiro atoms. The summed E-state index contributed by atoms with van der Waals surface area (Å²) < 4.78 is 23.6. The van der Waals surface area contributed by atoms with Gasteiger partial charge in [-0.25, -0.2) is 19.5 Å². The second-order valence-electron chi connectivity index (χ2n) is 6.45. The number of rotatable bonds is 6. The van der Waals surface area contributed by atoms with E-state index in [2.05, 4.69) is 15.0 Å². The van der Waals surface area contributed by atoms with Crippen LogP contribution < -0.4 is 5.73 Å². The summed E-state index contributed by atoms with van der Waals surface area (Å²) in [6.07, 6.45) is -1.67. The number of anilines is 1. The second-order valence-corrected chi connectivity index (χ2v) is 7.13. The fourth-order valence-corrected chi connectivity index (χ4v) is 3.76. The lowest BCUT2D eigenvalue weighted by atomic mass is 10.00. The van der Waals surface area contributed by atoms with E-state index >= 15 is 0 Å². The molecule has 1 aliphatic heterocycles. The summed E-state index contributed by atoms with van der Waals surface area (Å²) >= 11 is 0. The molecule has 3 heterocycles. The molecule has 1 fully saturated rings. The van der Waals surface area contributed by atoms with Crippen LogP contribution in [0.5, 0.6) is 0 Å². The summed E-state index contributed by atoms with van der Waals surface area (Å²) in [5.74, 6) is -0.349. The molecule has 5 atom stereocenters. The fourth-order valence-electron chi connectivity index (χ4n) is 3.33. The molecule has 29 heavy (non-hydrogen) atoms. The van der Waals surface area contributed by atoms with E-state index in [0.29, 0.717) is 16.7 Å². The van der Waals surface area contributed by atoms with Crippen LogP contribution in [-0.4, -0.2) is 53.6 Å². The van der Waals surface area contributed by atoms with Gasteiger partial charge in [0.15, 0.2) is 29.6 Å². The maximum atomic E-state index is 12.8. The molecule has 11 nitrogen and oxygen atoms in total. The van der Waals surface area contributed by atoms with Gasteiger partial charge in [-0.05, 0) is 0 Å². The van der Waals surface area contributed by atoms with Crippen LogP contribution in [0.3, 0.4) is 0 Å². The van der Waals surface area contributed by atoms with E-state index in [1.165, 1.54) is 17.2 Å². The summed E-state index contributed by atoms with van der Waals surface area (Å²) in [6.45, 7) is 0. The Hall–Kier alpha value is -2.82. The average molecular weight is 418 g/mol. The Bertz CT molecular complexity index is 1060. The Morgan fingerprint density at radius 1 is 1.31 bits per heavy atom. The van der Waals surface area contributed by atoms with Crippen LogP contribution in [0.4, 0.5) is 5.82 Å². The molecule has 2 unspecified atom stereocenters. The number of aliphatic hydroxyl groups is 1. The van der Waals surface area contributed by atoms with Crippen molar-refractivity contribution in [2.75, 3.05) is 5.73 Å². The average Bonchev–Trinajstić information content (AvgIpc) is 3.30. The number of imidazole rings is 1. The lowest BCUT2D eigenvalue weighted by Gasteiger charge is -2.21. The van der Waals surface area contributed by atoms with Gasteiger partial charge in [0.25, 0.3) is 0 Å². The minimum absolute atomic E-state index is 0.00266. The molecule has 3 aromatic rings. The lowest BCUT2D eigenvalue weighted by Crippen LogP contribution is -2.35. The van der Waals surface area contributed by atoms with Gasteiger partial charge in [0, 0.05) is 12.0 Å². The summed E-state index contributed by atoms with van der Waals surface area (Å²) in [5.41, 5.74) is 6.77. The number of ketones is 1. The SMILES string of the molecule is Nc1ncnc2c1ncn2[C@@H]1O[C@H](C(O[P](=O)O)C(=O)c2ccccc2)C[C@H]1O. The molecule has 1 aliphatic rings. The molecule has 151 valence electrons. The van der Waals surface area contributed by atoms with Gasteiger partial charge < -0.3 is 15.6 Å². The van der Waals surface area contributed by atoms with Crippen LogP contribution in [0, 0.1) is 0 Å².